The molecular formula is C13H17F2NO2. The second-order valence-corrected chi connectivity index (χ2v) is 4.81. The highest BCUT2D eigenvalue weighted by atomic mass is 19.1. The summed E-state index contributed by atoms with van der Waals surface area (Å²) >= 11 is 0. The molecule has 5 heteroatoms. The quantitative estimate of drug-likeness (QED) is 0.868. The molecule has 100 valence electrons. The van der Waals surface area contributed by atoms with E-state index in [4.69, 9.17) is 10.5 Å². The topological polar surface area (TPSA) is 55.5 Å². The lowest BCUT2D eigenvalue weighted by Crippen LogP contribution is -2.32. The van der Waals surface area contributed by atoms with E-state index in [1.165, 1.54) is 0 Å². The van der Waals surface area contributed by atoms with E-state index in [1.807, 2.05) is 0 Å². The highest BCUT2D eigenvalue weighted by Crippen LogP contribution is 2.31. The number of aliphatic hydroxyl groups is 1. The van der Waals surface area contributed by atoms with Crippen LogP contribution in [0.2, 0.25) is 0 Å². The molecule has 0 unspecified atom stereocenters. The Labute approximate surface area is 105 Å². The van der Waals surface area contributed by atoms with Gasteiger partial charge in [0, 0.05) is 6.54 Å². The average molecular weight is 257 g/mol. The second kappa shape index (κ2) is 5.20. The Bertz CT molecular complexity index is 408. The molecule has 0 aromatic heterocycles. The summed E-state index contributed by atoms with van der Waals surface area (Å²) in [5.41, 5.74) is 4.74. The predicted molar refractivity (Wildman–Crippen MR) is 63.2 cm³/mol. The minimum atomic E-state index is -0.953. The van der Waals surface area contributed by atoms with Gasteiger partial charge in [-0.3, -0.25) is 0 Å². The van der Waals surface area contributed by atoms with Crippen molar-refractivity contribution in [3.8, 4) is 5.75 Å². The number of hydrogen-bond acceptors (Lipinski definition) is 3. The number of ether oxygens (including phenoxy) is 1. The summed E-state index contributed by atoms with van der Waals surface area (Å²) < 4.78 is 32.3. The Kier molecular flexibility index (Phi) is 3.82. The first kappa shape index (κ1) is 13.2. The lowest BCUT2D eigenvalue weighted by Gasteiger charge is -2.22. The SMILES string of the molecule is NCc1cc(F)c(OCC2(O)CCCC2)c(F)c1. The van der Waals surface area contributed by atoms with E-state index in [1.54, 1.807) is 0 Å². The van der Waals surface area contributed by atoms with Gasteiger partial charge >= 0.3 is 0 Å². The molecule has 1 aromatic rings. The van der Waals surface area contributed by atoms with Crippen LogP contribution in [0.1, 0.15) is 31.2 Å². The molecule has 18 heavy (non-hydrogen) atoms. The highest BCUT2D eigenvalue weighted by Gasteiger charge is 2.32. The van der Waals surface area contributed by atoms with Gasteiger partial charge in [-0.2, -0.15) is 0 Å². The standard InChI is InChI=1S/C13H17F2NO2/c14-10-5-9(7-16)6-11(15)12(10)18-8-13(17)3-1-2-4-13/h5-6,17H,1-4,7-8,16H2. The van der Waals surface area contributed by atoms with Crippen LogP contribution >= 0.6 is 0 Å². The van der Waals surface area contributed by atoms with E-state index in [2.05, 4.69) is 0 Å². The molecule has 0 aliphatic heterocycles. The molecule has 0 bridgehead atoms. The van der Waals surface area contributed by atoms with E-state index in [0.29, 0.717) is 18.4 Å². The molecular weight excluding hydrogens is 240 g/mol. The molecule has 1 aromatic carbocycles. The van der Waals surface area contributed by atoms with Crippen molar-refractivity contribution >= 4 is 0 Å². The first-order chi connectivity index (χ1) is 8.54. The van der Waals surface area contributed by atoms with Crippen molar-refractivity contribution in [2.75, 3.05) is 6.61 Å². The summed E-state index contributed by atoms with van der Waals surface area (Å²) in [4.78, 5) is 0. The van der Waals surface area contributed by atoms with Crippen LogP contribution in [-0.2, 0) is 6.54 Å². The van der Waals surface area contributed by atoms with Crippen molar-refractivity contribution in [2.45, 2.75) is 37.8 Å². The summed E-state index contributed by atoms with van der Waals surface area (Å²) in [5, 5.41) is 10.0. The van der Waals surface area contributed by atoms with E-state index >= 15 is 0 Å². The molecule has 0 heterocycles. The summed E-state index contributed by atoms with van der Waals surface area (Å²) in [6.45, 7) is -0.0130. The molecule has 0 radical (unpaired) electrons. The summed E-state index contributed by atoms with van der Waals surface area (Å²) in [6, 6.07) is 2.30. The normalized spacial score (nSPS) is 18.0. The average Bonchev–Trinajstić information content (AvgIpc) is 2.75. The molecule has 0 amide bonds. The monoisotopic (exact) mass is 257 g/mol. The third-order valence-corrected chi connectivity index (χ3v) is 3.31. The minimum Gasteiger partial charge on any atom is -0.485 e. The molecule has 2 rings (SSSR count). The zero-order valence-corrected chi connectivity index (χ0v) is 10.1. The molecule has 3 N–H and O–H groups in total. The van der Waals surface area contributed by atoms with Crippen molar-refractivity contribution in [1.82, 2.24) is 0 Å². The van der Waals surface area contributed by atoms with Crippen molar-refractivity contribution < 1.29 is 18.6 Å². The minimum absolute atomic E-state index is 0.0675. The van der Waals surface area contributed by atoms with E-state index in [0.717, 1.165) is 25.0 Å². The maximum atomic E-state index is 13.6. The van der Waals surface area contributed by atoms with Crippen molar-refractivity contribution in [2.24, 2.45) is 5.73 Å². The predicted octanol–water partition coefficient (Wildman–Crippen LogP) is 2.11. The largest absolute Gasteiger partial charge is 0.485 e. The van der Waals surface area contributed by atoms with Crippen molar-refractivity contribution in [3.63, 3.8) is 0 Å². The van der Waals surface area contributed by atoms with Crippen molar-refractivity contribution in [3.05, 3.63) is 29.3 Å². The Hall–Kier alpha value is -1.20. The second-order valence-electron chi connectivity index (χ2n) is 4.81. The van der Waals surface area contributed by atoms with E-state index in [9.17, 15) is 13.9 Å². The molecule has 1 aliphatic carbocycles. The third kappa shape index (κ3) is 2.79. The first-order valence-corrected chi connectivity index (χ1v) is 6.07. The van der Waals surface area contributed by atoms with Gasteiger partial charge in [-0.05, 0) is 30.5 Å². The molecule has 3 nitrogen and oxygen atoms in total. The van der Waals surface area contributed by atoms with Crippen LogP contribution < -0.4 is 10.5 Å². The van der Waals surface area contributed by atoms with Gasteiger partial charge in [0.15, 0.2) is 17.4 Å². The van der Waals surface area contributed by atoms with Crippen molar-refractivity contribution in [1.29, 1.82) is 0 Å². The van der Waals surface area contributed by atoms with Crippen LogP contribution in [0.5, 0.6) is 5.75 Å². The number of rotatable bonds is 4. The van der Waals surface area contributed by atoms with E-state index in [-0.39, 0.29) is 13.2 Å². The smallest absolute Gasteiger partial charge is 0.190 e. The third-order valence-electron chi connectivity index (χ3n) is 3.31. The van der Waals surface area contributed by atoms with Gasteiger partial charge in [-0.15, -0.1) is 0 Å². The first-order valence-electron chi connectivity index (χ1n) is 6.07. The molecule has 1 saturated carbocycles. The Morgan fingerprint density at radius 1 is 1.22 bits per heavy atom. The fraction of sp³-hybridized carbons (Fsp3) is 0.538. The number of hydrogen-bond donors (Lipinski definition) is 2. The molecule has 0 spiro atoms. The van der Waals surface area contributed by atoms with Gasteiger partial charge in [0.1, 0.15) is 6.61 Å². The number of benzene rings is 1. The number of halogens is 2. The zero-order chi connectivity index (χ0) is 13.2. The van der Waals surface area contributed by atoms with Gasteiger partial charge < -0.3 is 15.6 Å². The van der Waals surface area contributed by atoms with Crippen LogP contribution in [0, 0.1) is 11.6 Å². The molecule has 0 saturated heterocycles. The lowest BCUT2D eigenvalue weighted by molar-refractivity contribution is -0.000843. The van der Waals surface area contributed by atoms with Gasteiger partial charge in [-0.25, -0.2) is 8.78 Å². The maximum Gasteiger partial charge on any atom is 0.190 e. The van der Waals surface area contributed by atoms with Gasteiger partial charge in [-0.1, -0.05) is 12.8 Å². The highest BCUT2D eigenvalue weighted by molar-refractivity contribution is 5.31. The summed E-state index contributed by atoms with van der Waals surface area (Å²) in [6.07, 6.45) is 3.04. The van der Waals surface area contributed by atoms with E-state index < -0.39 is 23.0 Å². The Morgan fingerprint density at radius 2 is 1.78 bits per heavy atom. The summed E-state index contributed by atoms with van der Waals surface area (Å²) in [5.74, 6) is -2.00. The molecule has 1 fully saturated rings. The van der Waals surface area contributed by atoms with Crippen LogP contribution in [-0.4, -0.2) is 17.3 Å². The maximum absolute atomic E-state index is 13.6. The fourth-order valence-corrected chi connectivity index (χ4v) is 2.25. The Morgan fingerprint density at radius 3 is 2.28 bits per heavy atom. The van der Waals surface area contributed by atoms with Crippen LogP contribution in [0.4, 0.5) is 8.78 Å². The summed E-state index contributed by atoms with van der Waals surface area (Å²) in [7, 11) is 0. The number of nitrogens with two attached hydrogens (primary N) is 1. The molecule has 1 aliphatic rings. The zero-order valence-electron chi connectivity index (χ0n) is 10.1. The van der Waals surface area contributed by atoms with Crippen LogP contribution in [0.25, 0.3) is 0 Å². The van der Waals surface area contributed by atoms with Crippen LogP contribution in [0.3, 0.4) is 0 Å². The fourth-order valence-electron chi connectivity index (χ4n) is 2.25. The van der Waals surface area contributed by atoms with Gasteiger partial charge in [0.2, 0.25) is 0 Å². The lowest BCUT2D eigenvalue weighted by atomic mass is 10.0. The van der Waals surface area contributed by atoms with Gasteiger partial charge in [0.25, 0.3) is 0 Å². The van der Waals surface area contributed by atoms with Gasteiger partial charge in [0.05, 0.1) is 5.60 Å². The Balaban J connectivity index is 2.09. The molecule has 0 atom stereocenters. The van der Waals surface area contributed by atoms with Crippen LogP contribution in [0.15, 0.2) is 12.1 Å².